The lowest BCUT2D eigenvalue weighted by molar-refractivity contribution is -0.116. The number of nitrogens with one attached hydrogen (secondary N) is 2. The molecule has 2 N–H and O–H groups in total. The number of carbonyl (C=O) groups excluding carboxylic acids is 2. The summed E-state index contributed by atoms with van der Waals surface area (Å²) < 4.78 is 4.78. The summed E-state index contributed by atoms with van der Waals surface area (Å²) in [6.45, 7) is 0. The third-order valence-corrected chi connectivity index (χ3v) is 5.46. The molecule has 2 aromatic carbocycles. The second-order valence-corrected chi connectivity index (χ2v) is 7.76. The molecular weight excluding hydrogens is 426 g/mol. The highest BCUT2D eigenvalue weighted by molar-refractivity contribution is 6.31. The Balaban J connectivity index is 1.51. The first-order chi connectivity index (χ1) is 15.6. The van der Waals surface area contributed by atoms with Crippen molar-refractivity contribution in [2.24, 2.45) is 0 Å². The molecule has 0 bridgehead atoms. The molecule has 7 heteroatoms. The van der Waals surface area contributed by atoms with Crippen LogP contribution in [0.25, 0.3) is 22.3 Å². The number of carbonyl (C=O) groups is 2. The van der Waals surface area contributed by atoms with Gasteiger partial charge < -0.3 is 15.0 Å². The summed E-state index contributed by atoms with van der Waals surface area (Å²) in [5.74, 6) is -0.657. The molecule has 2 aromatic heterocycles. The average Bonchev–Trinajstić information content (AvgIpc) is 3.17. The Morgan fingerprint density at radius 1 is 1.09 bits per heavy atom. The van der Waals surface area contributed by atoms with E-state index in [4.69, 9.17) is 16.3 Å². The number of halogens is 1. The number of benzene rings is 2. The van der Waals surface area contributed by atoms with Gasteiger partial charge in [-0.25, -0.2) is 4.79 Å². The maximum Gasteiger partial charge on any atom is 0.339 e. The van der Waals surface area contributed by atoms with Crippen LogP contribution in [-0.2, 0) is 16.0 Å². The zero-order valence-electron chi connectivity index (χ0n) is 17.5. The van der Waals surface area contributed by atoms with Crippen LogP contribution >= 0.6 is 11.6 Å². The fraction of sp³-hybridized carbons (Fsp3) is 0.160. The highest BCUT2D eigenvalue weighted by atomic mass is 35.5. The Bertz CT molecular complexity index is 1270. The van der Waals surface area contributed by atoms with Gasteiger partial charge in [-0.3, -0.25) is 9.78 Å². The van der Waals surface area contributed by atoms with Crippen LogP contribution in [0.15, 0.2) is 66.9 Å². The molecule has 0 atom stereocenters. The van der Waals surface area contributed by atoms with E-state index in [1.54, 1.807) is 30.5 Å². The number of nitrogens with zero attached hydrogens (tertiary/aromatic N) is 1. The number of aromatic nitrogens is 2. The third-order valence-electron chi connectivity index (χ3n) is 5.23. The van der Waals surface area contributed by atoms with Crippen LogP contribution < -0.4 is 5.32 Å². The molecule has 2 heterocycles. The van der Waals surface area contributed by atoms with E-state index in [0.29, 0.717) is 35.5 Å². The molecule has 162 valence electrons. The van der Waals surface area contributed by atoms with Crippen LogP contribution in [0.2, 0.25) is 5.02 Å². The van der Waals surface area contributed by atoms with Gasteiger partial charge in [0.2, 0.25) is 5.91 Å². The number of amides is 1. The van der Waals surface area contributed by atoms with E-state index in [1.165, 1.54) is 7.11 Å². The number of methoxy groups -OCH3 is 1. The highest BCUT2D eigenvalue weighted by Crippen LogP contribution is 2.32. The lowest BCUT2D eigenvalue weighted by Crippen LogP contribution is -2.15. The average molecular weight is 448 g/mol. The molecule has 4 aromatic rings. The normalized spacial score (nSPS) is 10.8. The number of pyridine rings is 1. The lowest BCUT2D eigenvalue weighted by Gasteiger charge is -2.10. The van der Waals surface area contributed by atoms with Gasteiger partial charge in [0.1, 0.15) is 0 Å². The number of hydrogen-bond donors (Lipinski definition) is 2. The van der Waals surface area contributed by atoms with Crippen LogP contribution in [-0.4, -0.2) is 29.0 Å². The number of esters is 1. The van der Waals surface area contributed by atoms with Crippen LogP contribution in [0.1, 0.15) is 28.8 Å². The molecule has 0 spiro atoms. The second-order valence-electron chi connectivity index (χ2n) is 7.32. The third kappa shape index (κ3) is 4.65. The first-order valence-electron chi connectivity index (χ1n) is 10.3. The molecule has 0 saturated heterocycles. The summed E-state index contributed by atoms with van der Waals surface area (Å²) in [5.41, 5.74) is 4.58. The number of H-pyrrole nitrogens is 1. The molecule has 0 aliphatic rings. The number of aryl methyl sites for hydroxylation is 1. The summed E-state index contributed by atoms with van der Waals surface area (Å²) in [6.07, 6.45) is 3.33. The Labute approximate surface area is 190 Å². The Morgan fingerprint density at radius 2 is 1.91 bits per heavy atom. The van der Waals surface area contributed by atoms with E-state index < -0.39 is 5.97 Å². The first kappa shape index (κ1) is 21.6. The van der Waals surface area contributed by atoms with Crippen molar-refractivity contribution in [3.63, 3.8) is 0 Å². The van der Waals surface area contributed by atoms with Crippen LogP contribution in [0.4, 0.5) is 5.69 Å². The van der Waals surface area contributed by atoms with Crippen LogP contribution in [0.5, 0.6) is 0 Å². The zero-order chi connectivity index (χ0) is 22.5. The number of hydrogen-bond acceptors (Lipinski definition) is 4. The van der Waals surface area contributed by atoms with E-state index in [0.717, 1.165) is 27.9 Å². The summed E-state index contributed by atoms with van der Waals surface area (Å²) in [7, 11) is 1.31. The minimum atomic E-state index is -0.489. The van der Waals surface area contributed by atoms with Gasteiger partial charge in [0.05, 0.1) is 29.7 Å². The molecule has 0 fully saturated rings. The number of rotatable bonds is 7. The van der Waals surface area contributed by atoms with Gasteiger partial charge in [-0.1, -0.05) is 29.8 Å². The predicted molar refractivity (Wildman–Crippen MR) is 126 cm³/mol. The van der Waals surface area contributed by atoms with Gasteiger partial charge in [0.15, 0.2) is 0 Å². The zero-order valence-corrected chi connectivity index (χ0v) is 18.3. The van der Waals surface area contributed by atoms with Crippen molar-refractivity contribution in [2.75, 3.05) is 12.4 Å². The monoisotopic (exact) mass is 447 g/mol. The number of ether oxygens (including phenoxy) is 1. The standard InChI is InChI=1S/C25H22ClN3O3/c1-32-25(31)18-7-2-3-9-20(18)28-23(30)11-6-8-17-19-15-16(26)12-13-21(19)29-24(17)22-10-4-5-14-27-22/h2-5,7,9-10,12-15,29H,6,8,11H2,1H3,(H,28,30). The topological polar surface area (TPSA) is 84.1 Å². The SMILES string of the molecule is COC(=O)c1ccccc1NC(=O)CCCc1c(-c2ccccn2)[nH]c2ccc(Cl)cc12. The van der Waals surface area contributed by atoms with Crippen molar-refractivity contribution in [1.29, 1.82) is 0 Å². The largest absolute Gasteiger partial charge is 0.465 e. The van der Waals surface area contributed by atoms with Crippen molar-refractivity contribution >= 4 is 40.1 Å². The smallest absolute Gasteiger partial charge is 0.339 e. The predicted octanol–water partition coefficient (Wildman–Crippen LogP) is 5.63. The fourth-order valence-electron chi connectivity index (χ4n) is 3.73. The highest BCUT2D eigenvalue weighted by Gasteiger charge is 2.16. The molecule has 1 amide bonds. The van der Waals surface area contributed by atoms with Crippen LogP contribution in [0, 0.1) is 0 Å². The molecular formula is C25H22ClN3O3. The molecule has 0 unspecified atom stereocenters. The van der Waals surface area contributed by atoms with Gasteiger partial charge in [0, 0.05) is 28.5 Å². The van der Waals surface area contributed by atoms with Crippen molar-refractivity contribution in [1.82, 2.24) is 9.97 Å². The number of aromatic amines is 1. The van der Waals surface area contributed by atoms with Gasteiger partial charge in [-0.2, -0.15) is 0 Å². The molecule has 32 heavy (non-hydrogen) atoms. The van der Waals surface area contributed by atoms with Gasteiger partial charge >= 0.3 is 5.97 Å². The minimum absolute atomic E-state index is 0.168. The van der Waals surface area contributed by atoms with E-state index >= 15 is 0 Å². The van der Waals surface area contributed by atoms with E-state index in [9.17, 15) is 9.59 Å². The Morgan fingerprint density at radius 3 is 2.69 bits per heavy atom. The fourth-order valence-corrected chi connectivity index (χ4v) is 3.90. The van der Waals surface area contributed by atoms with Gasteiger partial charge in [-0.05, 0) is 60.9 Å². The summed E-state index contributed by atoms with van der Waals surface area (Å²) >= 11 is 6.24. The van der Waals surface area contributed by atoms with E-state index in [-0.39, 0.29) is 5.91 Å². The van der Waals surface area contributed by atoms with Crippen molar-refractivity contribution < 1.29 is 14.3 Å². The van der Waals surface area contributed by atoms with Crippen LogP contribution in [0.3, 0.4) is 0 Å². The quantitative estimate of drug-likeness (QED) is 0.359. The number of fused-ring (bicyclic) bond motifs is 1. The number of para-hydroxylation sites is 1. The van der Waals surface area contributed by atoms with Gasteiger partial charge in [-0.15, -0.1) is 0 Å². The summed E-state index contributed by atoms with van der Waals surface area (Å²) in [4.78, 5) is 32.4. The Hall–Kier alpha value is -3.64. The molecule has 0 aliphatic carbocycles. The summed E-state index contributed by atoms with van der Waals surface area (Å²) in [6, 6.07) is 18.3. The molecule has 0 aliphatic heterocycles. The second kappa shape index (κ2) is 9.66. The minimum Gasteiger partial charge on any atom is -0.465 e. The molecule has 6 nitrogen and oxygen atoms in total. The maximum atomic E-state index is 12.6. The lowest BCUT2D eigenvalue weighted by atomic mass is 10.0. The van der Waals surface area contributed by atoms with Crippen molar-refractivity contribution in [3.8, 4) is 11.4 Å². The maximum absolute atomic E-state index is 12.6. The van der Waals surface area contributed by atoms with Crippen molar-refractivity contribution in [3.05, 3.63) is 83.0 Å². The van der Waals surface area contributed by atoms with Gasteiger partial charge in [0.25, 0.3) is 0 Å². The van der Waals surface area contributed by atoms with E-state index in [1.807, 2.05) is 36.4 Å². The number of anilines is 1. The Kier molecular flexibility index (Phi) is 6.52. The summed E-state index contributed by atoms with van der Waals surface area (Å²) in [5, 5.41) is 4.50. The first-order valence-corrected chi connectivity index (χ1v) is 10.6. The molecule has 4 rings (SSSR count). The molecule has 0 saturated carbocycles. The van der Waals surface area contributed by atoms with Crippen molar-refractivity contribution in [2.45, 2.75) is 19.3 Å². The molecule has 0 radical (unpaired) electrons. The van der Waals surface area contributed by atoms with E-state index in [2.05, 4.69) is 15.3 Å².